The minimum Gasteiger partial charge on any atom is -0.497 e. The number of thiophene rings is 1. The van der Waals surface area contributed by atoms with Gasteiger partial charge in [0.1, 0.15) is 11.5 Å². The highest BCUT2D eigenvalue weighted by atomic mass is 32.2. The number of hydrogen-bond acceptors (Lipinski definition) is 7. The highest BCUT2D eigenvalue weighted by molar-refractivity contribution is 7.91. The lowest BCUT2D eigenvalue weighted by molar-refractivity contribution is 0.191. The van der Waals surface area contributed by atoms with Gasteiger partial charge in [0, 0.05) is 19.1 Å². The van der Waals surface area contributed by atoms with Crippen LogP contribution in [-0.4, -0.2) is 43.0 Å². The number of oxazole rings is 1. The number of sulfone groups is 1. The Morgan fingerprint density at radius 3 is 2.66 bits per heavy atom. The molecule has 0 radical (unpaired) electrons. The first-order valence-electron chi connectivity index (χ1n) is 9.51. The van der Waals surface area contributed by atoms with E-state index < -0.39 is 9.84 Å². The summed E-state index contributed by atoms with van der Waals surface area (Å²) in [5.74, 6) is 2.63. The zero-order valence-electron chi connectivity index (χ0n) is 16.5. The number of rotatable bonds is 7. The first kappa shape index (κ1) is 20.1. The van der Waals surface area contributed by atoms with Gasteiger partial charge in [-0.15, -0.1) is 11.3 Å². The molecule has 6 nitrogen and oxygen atoms in total. The summed E-state index contributed by atoms with van der Waals surface area (Å²) in [4.78, 5) is 7.90. The van der Waals surface area contributed by atoms with Crippen LogP contribution in [0.2, 0.25) is 0 Å². The molecule has 1 aliphatic rings. The topological polar surface area (TPSA) is 72.6 Å². The number of methoxy groups -OCH3 is 1. The number of ether oxygens (including phenoxy) is 1. The highest BCUT2D eigenvalue weighted by Gasteiger charge is 2.33. The van der Waals surface area contributed by atoms with E-state index in [1.165, 1.54) is 0 Å². The molecule has 1 aliphatic heterocycles. The molecule has 8 heteroatoms. The van der Waals surface area contributed by atoms with Crippen molar-refractivity contribution in [2.75, 3.05) is 18.6 Å². The van der Waals surface area contributed by atoms with E-state index in [1.807, 2.05) is 48.7 Å². The van der Waals surface area contributed by atoms with Crippen LogP contribution in [0.1, 0.15) is 23.4 Å². The number of aryl methyl sites for hydroxylation is 1. The van der Waals surface area contributed by atoms with Crippen LogP contribution in [0.3, 0.4) is 0 Å². The average molecular weight is 433 g/mol. The Morgan fingerprint density at radius 1 is 1.24 bits per heavy atom. The molecule has 1 aromatic carbocycles. The Labute approximate surface area is 175 Å². The lowest BCUT2D eigenvalue weighted by Crippen LogP contribution is -2.35. The summed E-state index contributed by atoms with van der Waals surface area (Å²) in [6.07, 6.45) is 0.646. The van der Waals surface area contributed by atoms with E-state index in [4.69, 9.17) is 14.1 Å². The molecular formula is C21H24N2O4S2. The minimum absolute atomic E-state index is 0.0246. The zero-order valence-corrected chi connectivity index (χ0v) is 18.1. The zero-order chi connectivity index (χ0) is 20.4. The van der Waals surface area contributed by atoms with E-state index in [9.17, 15) is 8.42 Å². The maximum absolute atomic E-state index is 12.1. The highest BCUT2D eigenvalue weighted by Crippen LogP contribution is 2.28. The fraction of sp³-hybridized carbons (Fsp3) is 0.381. The lowest BCUT2D eigenvalue weighted by Gasteiger charge is -2.27. The van der Waals surface area contributed by atoms with E-state index in [2.05, 4.69) is 4.90 Å². The Balaban J connectivity index is 1.58. The van der Waals surface area contributed by atoms with Crippen molar-refractivity contribution in [2.24, 2.45) is 0 Å². The van der Waals surface area contributed by atoms with Gasteiger partial charge < -0.3 is 9.15 Å². The second-order valence-corrected chi connectivity index (χ2v) is 10.5. The second-order valence-electron chi connectivity index (χ2n) is 7.31. The molecule has 0 N–H and O–H groups in total. The molecule has 0 aliphatic carbocycles. The van der Waals surface area contributed by atoms with Gasteiger partial charge >= 0.3 is 0 Å². The third-order valence-electron chi connectivity index (χ3n) is 5.25. The molecule has 0 amide bonds. The minimum atomic E-state index is -2.98. The van der Waals surface area contributed by atoms with E-state index >= 15 is 0 Å². The Hall–Kier alpha value is -2.16. The Kier molecular flexibility index (Phi) is 5.76. The molecule has 0 unspecified atom stereocenters. The van der Waals surface area contributed by atoms with Gasteiger partial charge in [-0.3, -0.25) is 4.90 Å². The summed E-state index contributed by atoms with van der Waals surface area (Å²) < 4.78 is 35.3. The molecular weight excluding hydrogens is 408 g/mol. The summed E-state index contributed by atoms with van der Waals surface area (Å²) in [6, 6.07) is 11.8. The molecule has 4 rings (SSSR count). The van der Waals surface area contributed by atoms with Gasteiger partial charge in [-0.2, -0.15) is 0 Å². The van der Waals surface area contributed by atoms with Crippen molar-refractivity contribution in [2.45, 2.75) is 32.5 Å². The van der Waals surface area contributed by atoms with Crippen molar-refractivity contribution < 1.29 is 17.6 Å². The first-order chi connectivity index (χ1) is 13.9. The van der Waals surface area contributed by atoms with Gasteiger partial charge in [-0.1, -0.05) is 18.2 Å². The molecule has 1 saturated heterocycles. The third-order valence-corrected chi connectivity index (χ3v) is 7.86. The molecule has 3 aromatic rings. The van der Waals surface area contributed by atoms with Gasteiger partial charge in [0.25, 0.3) is 0 Å². The number of benzene rings is 1. The quantitative estimate of drug-likeness (QED) is 0.564. The van der Waals surface area contributed by atoms with Gasteiger partial charge in [-0.05, 0) is 42.5 Å². The van der Waals surface area contributed by atoms with Gasteiger partial charge in [0.15, 0.2) is 9.84 Å². The van der Waals surface area contributed by atoms with Crippen molar-refractivity contribution in [3.05, 3.63) is 58.8 Å². The largest absolute Gasteiger partial charge is 0.497 e. The SMILES string of the molecule is COc1ccc(CN(Cc2nc(-c3cccs3)oc2C)[C@@H]2CCS(=O)(=O)C2)cc1. The first-order valence-corrected chi connectivity index (χ1v) is 12.2. The third kappa shape index (κ3) is 4.71. The number of hydrogen-bond donors (Lipinski definition) is 0. The van der Waals surface area contributed by atoms with Crippen molar-refractivity contribution >= 4 is 21.2 Å². The molecule has 2 aromatic heterocycles. The van der Waals surface area contributed by atoms with Crippen LogP contribution in [0.5, 0.6) is 5.75 Å². The summed E-state index contributed by atoms with van der Waals surface area (Å²) in [6.45, 7) is 3.11. The van der Waals surface area contributed by atoms with E-state index in [0.29, 0.717) is 25.4 Å². The summed E-state index contributed by atoms with van der Waals surface area (Å²) in [5.41, 5.74) is 1.96. The van der Waals surface area contributed by atoms with Crippen LogP contribution in [0.25, 0.3) is 10.8 Å². The van der Waals surface area contributed by atoms with Crippen LogP contribution < -0.4 is 4.74 Å². The van der Waals surface area contributed by atoms with Gasteiger partial charge in [0.2, 0.25) is 5.89 Å². The normalized spacial score (nSPS) is 18.4. The van der Waals surface area contributed by atoms with Crippen LogP contribution in [0.15, 0.2) is 46.2 Å². The maximum atomic E-state index is 12.1. The standard InChI is InChI=1S/C21H24N2O4S2/c1-15-19(22-21(27-15)20-4-3-10-28-20)13-23(17-9-11-29(24,25)14-17)12-16-5-7-18(26-2)8-6-16/h3-8,10,17H,9,11-14H2,1-2H3/t17-/m1/s1. The fourth-order valence-electron chi connectivity index (χ4n) is 3.62. The molecule has 1 fully saturated rings. The summed E-state index contributed by atoms with van der Waals surface area (Å²) in [7, 11) is -1.34. The van der Waals surface area contributed by atoms with E-state index in [-0.39, 0.29) is 17.5 Å². The van der Waals surface area contributed by atoms with Crippen molar-refractivity contribution in [3.63, 3.8) is 0 Å². The fourth-order valence-corrected chi connectivity index (χ4v) is 6.03. The molecule has 154 valence electrons. The molecule has 0 bridgehead atoms. The average Bonchev–Trinajstić information content (AvgIpc) is 3.43. The number of aromatic nitrogens is 1. The van der Waals surface area contributed by atoms with Crippen LogP contribution >= 0.6 is 11.3 Å². The summed E-state index contributed by atoms with van der Waals surface area (Å²) in [5, 5.41) is 1.99. The van der Waals surface area contributed by atoms with E-state index in [1.54, 1.807) is 18.4 Å². The second kappa shape index (κ2) is 8.30. The van der Waals surface area contributed by atoms with Crippen molar-refractivity contribution in [1.29, 1.82) is 0 Å². The molecule has 3 heterocycles. The molecule has 0 spiro atoms. The monoisotopic (exact) mass is 432 g/mol. The maximum Gasteiger partial charge on any atom is 0.236 e. The smallest absolute Gasteiger partial charge is 0.236 e. The molecule has 0 saturated carbocycles. The van der Waals surface area contributed by atoms with Crippen LogP contribution in [-0.2, 0) is 22.9 Å². The Morgan fingerprint density at radius 2 is 2.03 bits per heavy atom. The van der Waals surface area contributed by atoms with E-state index in [0.717, 1.165) is 27.6 Å². The molecule has 29 heavy (non-hydrogen) atoms. The predicted octanol–water partition coefficient (Wildman–Crippen LogP) is 3.91. The Bertz CT molecular complexity index is 1060. The lowest BCUT2D eigenvalue weighted by atomic mass is 10.1. The number of nitrogens with zero attached hydrogens (tertiary/aromatic N) is 2. The van der Waals surface area contributed by atoms with Crippen molar-refractivity contribution in [3.8, 4) is 16.5 Å². The van der Waals surface area contributed by atoms with Crippen LogP contribution in [0, 0.1) is 6.92 Å². The van der Waals surface area contributed by atoms with Crippen LogP contribution in [0.4, 0.5) is 0 Å². The summed E-state index contributed by atoms with van der Waals surface area (Å²) >= 11 is 1.59. The van der Waals surface area contributed by atoms with Crippen molar-refractivity contribution in [1.82, 2.24) is 9.88 Å². The van der Waals surface area contributed by atoms with Gasteiger partial charge in [0.05, 0.1) is 29.2 Å². The van der Waals surface area contributed by atoms with Gasteiger partial charge in [-0.25, -0.2) is 13.4 Å². The predicted molar refractivity (Wildman–Crippen MR) is 114 cm³/mol. The molecule has 1 atom stereocenters.